The molecule has 2 rings (SSSR count). The summed E-state index contributed by atoms with van der Waals surface area (Å²) < 4.78 is 32.6. The SMILES string of the molecule is CNCc1cc(C)c(C)c(S(=O)(=O)N(C)C2CCOC2)c1. The number of sulfonamides is 1. The second kappa shape index (κ2) is 6.44. The lowest BCUT2D eigenvalue weighted by molar-refractivity contribution is 0.181. The molecular formula is C15H24N2O3S. The zero-order chi connectivity index (χ0) is 15.6. The summed E-state index contributed by atoms with van der Waals surface area (Å²) in [6.45, 7) is 5.57. The van der Waals surface area contributed by atoms with Gasteiger partial charge in [-0.1, -0.05) is 6.07 Å². The number of rotatable bonds is 5. The zero-order valence-electron chi connectivity index (χ0n) is 13.1. The summed E-state index contributed by atoms with van der Waals surface area (Å²) in [6, 6.07) is 3.74. The van der Waals surface area contributed by atoms with Gasteiger partial charge < -0.3 is 10.1 Å². The molecule has 6 heteroatoms. The second-order valence-electron chi connectivity index (χ2n) is 5.60. The molecule has 0 saturated carbocycles. The lowest BCUT2D eigenvalue weighted by atomic mass is 10.1. The van der Waals surface area contributed by atoms with Gasteiger partial charge in [-0.3, -0.25) is 0 Å². The highest BCUT2D eigenvalue weighted by molar-refractivity contribution is 7.89. The number of ether oxygens (including phenoxy) is 1. The van der Waals surface area contributed by atoms with Gasteiger partial charge in [-0.2, -0.15) is 4.31 Å². The van der Waals surface area contributed by atoms with Crippen LogP contribution in [0.1, 0.15) is 23.1 Å². The predicted octanol–water partition coefficient (Wildman–Crippen LogP) is 1.43. The molecular weight excluding hydrogens is 288 g/mol. The summed E-state index contributed by atoms with van der Waals surface area (Å²) in [6.07, 6.45) is 0.754. The molecule has 0 radical (unpaired) electrons. The van der Waals surface area contributed by atoms with Gasteiger partial charge in [0.25, 0.3) is 0 Å². The van der Waals surface area contributed by atoms with Crippen LogP contribution in [0.2, 0.25) is 0 Å². The van der Waals surface area contributed by atoms with Crippen molar-refractivity contribution in [2.45, 2.75) is 37.8 Å². The topological polar surface area (TPSA) is 58.6 Å². The predicted molar refractivity (Wildman–Crippen MR) is 82.9 cm³/mol. The van der Waals surface area contributed by atoms with E-state index in [0.29, 0.717) is 24.7 Å². The summed E-state index contributed by atoms with van der Waals surface area (Å²) in [7, 11) is 0.00872. The highest BCUT2D eigenvalue weighted by atomic mass is 32.2. The van der Waals surface area contributed by atoms with E-state index in [-0.39, 0.29) is 6.04 Å². The van der Waals surface area contributed by atoms with Gasteiger partial charge in [-0.25, -0.2) is 8.42 Å². The Balaban J connectivity index is 2.43. The minimum absolute atomic E-state index is 0.0670. The van der Waals surface area contributed by atoms with E-state index in [0.717, 1.165) is 23.1 Å². The number of aryl methyl sites for hydroxylation is 1. The third-order valence-corrected chi connectivity index (χ3v) is 6.17. The van der Waals surface area contributed by atoms with Crippen molar-refractivity contribution in [3.8, 4) is 0 Å². The van der Waals surface area contributed by atoms with Gasteiger partial charge in [0, 0.05) is 20.2 Å². The Kier molecular flexibility index (Phi) is 5.03. The molecule has 0 amide bonds. The average molecular weight is 312 g/mol. The maximum atomic E-state index is 12.9. The number of nitrogens with zero attached hydrogens (tertiary/aromatic N) is 1. The average Bonchev–Trinajstić information content (AvgIpc) is 2.95. The first-order valence-electron chi connectivity index (χ1n) is 7.18. The molecule has 5 nitrogen and oxygen atoms in total. The largest absolute Gasteiger partial charge is 0.380 e. The molecule has 21 heavy (non-hydrogen) atoms. The molecule has 0 bridgehead atoms. The standard InChI is InChI=1S/C15H24N2O3S/c1-11-7-13(9-16-3)8-15(12(11)2)21(18,19)17(4)14-5-6-20-10-14/h7-8,14,16H,5-6,9-10H2,1-4H3. The van der Waals surface area contributed by atoms with Gasteiger partial charge in [-0.05, 0) is 50.1 Å². The molecule has 1 aromatic carbocycles. The van der Waals surface area contributed by atoms with Crippen molar-refractivity contribution < 1.29 is 13.2 Å². The van der Waals surface area contributed by atoms with Crippen LogP contribution >= 0.6 is 0 Å². The molecule has 1 saturated heterocycles. The van der Waals surface area contributed by atoms with E-state index >= 15 is 0 Å². The van der Waals surface area contributed by atoms with E-state index in [1.807, 2.05) is 27.0 Å². The van der Waals surface area contributed by atoms with Crippen molar-refractivity contribution >= 4 is 10.0 Å². The van der Waals surface area contributed by atoms with Gasteiger partial charge in [0.2, 0.25) is 10.0 Å². The summed E-state index contributed by atoms with van der Waals surface area (Å²) in [5, 5.41) is 3.07. The Morgan fingerprint density at radius 3 is 2.67 bits per heavy atom. The fourth-order valence-corrected chi connectivity index (χ4v) is 4.35. The molecule has 1 atom stereocenters. The summed E-state index contributed by atoms with van der Waals surface area (Å²) in [5.41, 5.74) is 2.80. The van der Waals surface area contributed by atoms with Crippen LogP contribution in [0.4, 0.5) is 0 Å². The molecule has 1 N–H and O–H groups in total. The lowest BCUT2D eigenvalue weighted by Crippen LogP contribution is -2.37. The normalized spacial score (nSPS) is 19.4. The van der Waals surface area contributed by atoms with E-state index in [2.05, 4.69) is 5.32 Å². The van der Waals surface area contributed by atoms with Gasteiger partial charge in [-0.15, -0.1) is 0 Å². The van der Waals surface area contributed by atoms with Crippen LogP contribution in [0, 0.1) is 13.8 Å². The summed E-state index contributed by atoms with van der Waals surface area (Å²) in [5.74, 6) is 0. The van der Waals surface area contributed by atoms with Crippen molar-refractivity contribution in [2.75, 3.05) is 27.3 Å². The third kappa shape index (κ3) is 3.29. The zero-order valence-corrected chi connectivity index (χ0v) is 14.0. The lowest BCUT2D eigenvalue weighted by Gasteiger charge is -2.24. The van der Waals surface area contributed by atoms with Crippen LogP contribution in [0.25, 0.3) is 0 Å². The van der Waals surface area contributed by atoms with Crippen molar-refractivity contribution in [1.29, 1.82) is 0 Å². The minimum atomic E-state index is -3.49. The Hall–Kier alpha value is -0.950. The van der Waals surface area contributed by atoms with Crippen LogP contribution in [0.5, 0.6) is 0 Å². The molecule has 1 fully saturated rings. The van der Waals surface area contributed by atoms with Gasteiger partial charge in [0.05, 0.1) is 17.5 Å². The van der Waals surface area contributed by atoms with E-state index in [4.69, 9.17) is 4.74 Å². The Labute approximate surface area is 127 Å². The molecule has 118 valence electrons. The Morgan fingerprint density at radius 2 is 2.10 bits per heavy atom. The Bertz CT molecular complexity index is 608. The van der Waals surface area contributed by atoms with Gasteiger partial charge >= 0.3 is 0 Å². The van der Waals surface area contributed by atoms with Crippen LogP contribution < -0.4 is 5.32 Å². The number of benzene rings is 1. The number of likely N-dealkylation sites (N-methyl/N-ethyl adjacent to an activating group) is 1. The van der Waals surface area contributed by atoms with Crippen LogP contribution in [-0.4, -0.2) is 46.1 Å². The van der Waals surface area contributed by atoms with E-state index in [1.54, 1.807) is 13.1 Å². The van der Waals surface area contributed by atoms with Crippen molar-refractivity contribution in [1.82, 2.24) is 9.62 Å². The first kappa shape index (κ1) is 16.4. The third-order valence-electron chi connectivity index (χ3n) is 4.14. The fourth-order valence-electron chi connectivity index (χ4n) is 2.63. The molecule has 1 aliphatic rings. The highest BCUT2D eigenvalue weighted by Crippen LogP contribution is 2.26. The molecule has 1 unspecified atom stereocenters. The number of hydrogen-bond acceptors (Lipinski definition) is 4. The summed E-state index contributed by atoms with van der Waals surface area (Å²) in [4.78, 5) is 0.405. The van der Waals surface area contributed by atoms with Crippen LogP contribution in [0.15, 0.2) is 17.0 Å². The van der Waals surface area contributed by atoms with E-state index in [9.17, 15) is 8.42 Å². The quantitative estimate of drug-likeness (QED) is 0.893. The molecule has 1 heterocycles. The maximum Gasteiger partial charge on any atom is 0.243 e. The van der Waals surface area contributed by atoms with Crippen molar-refractivity contribution in [3.63, 3.8) is 0 Å². The Morgan fingerprint density at radius 1 is 1.38 bits per heavy atom. The van der Waals surface area contributed by atoms with Crippen molar-refractivity contribution in [3.05, 3.63) is 28.8 Å². The van der Waals surface area contributed by atoms with Crippen LogP contribution in [-0.2, 0) is 21.3 Å². The molecule has 0 spiro atoms. The minimum Gasteiger partial charge on any atom is -0.380 e. The second-order valence-corrected chi connectivity index (χ2v) is 7.57. The first-order chi connectivity index (χ1) is 9.87. The first-order valence-corrected chi connectivity index (χ1v) is 8.62. The smallest absolute Gasteiger partial charge is 0.243 e. The van der Waals surface area contributed by atoms with E-state index < -0.39 is 10.0 Å². The monoisotopic (exact) mass is 312 g/mol. The number of nitrogens with one attached hydrogen (secondary N) is 1. The molecule has 0 aromatic heterocycles. The van der Waals surface area contributed by atoms with Gasteiger partial charge in [0.1, 0.15) is 0 Å². The summed E-state index contributed by atoms with van der Waals surface area (Å²) >= 11 is 0. The maximum absolute atomic E-state index is 12.9. The van der Waals surface area contributed by atoms with Gasteiger partial charge in [0.15, 0.2) is 0 Å². The van der Waals surface area contributed by atoms with Crippen molar-refractivity contribution in [2.24, 2.45) is 0 Å². The fraction of sp³-hybridized carbons (Fsp3) is 0.600. The van der Waals surface area contributed by atoms with E-state index in [1.165, 1.54) is 4.31 Å². The highest BCUT2D eigenvalue weighted by Gasteiger charge is 2.32. The molecule has 1 aromatic rings. The number of hydrogen-bond donors (Lipinski definition) is 1. The molecule has 0 aliphatic carbocycles. The van der Waals surface area contributed by atoms with Crippen LogP contribution in [0.3, 0.4) is 0 Å². The molecule has 1 aliphatic heterocycles.